The number of nitrogens with one attached hydrogen (secondary N) is 1. The fourth-order valence-corrected chi connectivity index (χ4v) is 2.45. The third kappa shape index (κ3) is 3.86. The number of anilines is 1. The van der Waals surface area contributed by atoms with Crippen LogP contribution in [0.3, 0.4) is 0 Å². The molecule has 0 atom stereocenters. The molecule has 0 aliphatic carbocycles. The van der Waals surface area contributed by atoms with Crippen molar-refractivity contribution in [1.82, 2.24) is 4.98 Å². The number of hydrogen-bond acceptors (Lipinski definition) is 4. The van der Waals surface area contributed by atoms with Gasteiger partial charge in [0, 0.05) is 24.6 Å². The maximum Gasteiger partial charge on any atom is 0.257 e. The third-order valence-corrected chi connectivity index (χ3v) is 4.07. The topological polar surface area (TPSA) is 51.2 Å². The normalized spacial score (nSPS) is 11.4. The smallest absolute Gasteiger partial charge is 0.257 e. The van der Waals surface area contributed by atoms with Gasteiger partial charge in [-0.25, -0.2) is 9.37 Å². The molecule has 4 nitrogen and oxygen atoms in total. The number of thiazole rings is 1. The molecule has 0 fully saturated rings. The van der Waals surface area contributed by atoms with Gasteiger partial charge in [0.25, 0.3) is 5.91 Å². The van der Waals surface area contributed by atoms with E-state index in [1.807, 2.05) is 0 Å². The summed E-state index contributed by atoms with van der Waals surface area (Å²) >= 11 is 1.33. The predicted molar refractivity (Wildman–Crippen MR) is 81.0 cm³/mol. The van der Waals surface area contributed by atoms with Crippen LogP contribution < -0.4 is 5.32 Å². The first kappa shape index (κ1) is 15.6. The minimum atomic E-state index is -0.919. The van der Waals surface area contributed by atoms with Crippen molar-refractivity contribution in [3.8, 4) is 0 Å². The number of amides is 1. The Morgan fingerprint density at radius 1 is 1.43 bits per heavy atom. The summed E-state index contributed by atoms with van der Waals surface area (Å²) in [7, 11) is 1.48. The summed E-state index contributed by atoms with van der Waals surface area (Å²) < 4.78 is 18.7. The minimum absolute atomic E-state index is 0.239. The zero-order chi connectivity index (χ0) is 15.5. The van der Waals surface area contributed by atoms with E-state index in [0.29, 0.717) is 17.1 Å². The molecule has 0 aliphatic heterocycles. The van der Waals surface area contributed by atoms with Crippen molar-refractivity contribution in [3.05, 3.63) is 46.7 Å². The van der Waals surface area contributed by atoms with Gasteiger partial charge in [0.15, 0.2) is 5.13 Å². The van der Waals surface area contributed by atoms with Crippen LogP contribution in [0, 0.1) is 5.82 Å². The zero-order valence-electron chi connectivity index (χ0n) is 12.1. The van der Waals surface area contributed by atoms with Crippen LogP contribution in [0.15, 0.2) is 30.5 Å². The highest BCUT2D eigenvalue weighted by Gasteiger charge is 2.27. The van der Waals surface area contributed by atoms with E-state index < -0.39 is 5.60 Å². The molecule has 21 heavy (non-hydrogen) atoms. The summed E-state index contributed by atoms with van der Waals surface area (Å²) in [5.41, 5.74) is -0.312. The van der Waals surface area contributed by atoms with E-state index in [2.05, 4.69) is 10.3 Å². The molecule has 1 heterocycles. The Balaban J connectivity index is 2.06. The number of nitrogens with zero attached hydrogens (tertiary/aromatic N) is 1. The molecule has 1 aromatic carbocycles. The molecule has 2 aromatic rings. The van der Waals surface area contributed by atoms with Gasteiger partial charge in [-0.2, -0.15) is 0 Å². The first-order chi connectivity index (χ1) is 9.92. The highest BCUT2D eigenvalue weighted by molar-refractivity contribution is 7.15. The molecule has 112 valence electrons. The summed E-state index contributed by atoms with van der Waals surface area (Å²) in [6.45, 7) is 3.35. The fourth-order valence-electron chi connectivity index (χ4n) is 1.62. The van der Waals surface area contributed by atoms with E-state index in [-0.39, 0.29) is 11.7 Å². The second kappa shape index (κ2) is 6.32. The zero-order valence-corrected chi connectivity index (χ0v) is 13.0. The van der Waals surface area contributed by atoms with Crippen LogP contribution >= 0.6 is 11.3 Å². The second-order valence-electron chi connectivity index (χ2n) is 5.07. The number of halogens is 1. The summed E-state index contributed by atoms with van der Waals surface area (Å²) in [4.78, 5) is 17.0. The number of rotatable bonds is 5. The Labute approximate surface area is 127 Å². The van der Waals surface area contributed by atoms with Gasteiger partial charge >= 0.3 is 0 Å². The number of carbonyl (C=O) groups excluding carboxylic acids is 1. The lowest BCUT2D eigenvalue weighted by Crippen LogP contribution is -2.38. The van der Waals surface area contributed by atoms with Crippen LogP contribution in [-0.4, -0.2) is 23.6 Å². The van der Waals surface area contributed by atoms with Gasteiger partial charge in [0.2, 0.25) is 0 Å². The van der Waals surface area contributed by atoms with Crippen LogP contribution in [0.1, 0.15) is 24.3 Å². The fraction of sp³-hybridized carbons (Fsp3) is 0.333. The van der Waals surface area contributed by atoms with Gasteiger partial charge in [0.05, 0.1) is 0 Å². The molecule has 2 rings (SSSR count). The predicted octanol–water partition coefficient (Wildman–Crippen LogP) is 3.24. The maximum atomic E-state index is 13.6. The van der Waals surface area contributed by atoms with Crippen LogP contribution in [0.4, 0.5) is 9.52 Å². The molecule has 1 aromatic heterocycles. The van der Waals surface area contributed by atoms with Gasteiger partial charge in [-0.3, -0.25) is 10.1 Å². The van der Waals surface area contributed by atoms with Crippen molar-refractivity contribution in [2.75, 3.05) is 12.4 Å². The van der Waals surface area contributed by atoms with Gasteiger partial charge in [-0.15, -0.1) is 11.3 Å². The van der Waals surface area contributed by atoms with Crippen molar-refractivity contribution >= 4 is 22.4 Å². The van der Waals surface area contributed by atoms with E-state index in [4.69, 9.17) is 4.74 Å². The van der Waals surface area contributed by atoms with E-state index in [1.165, 1.54) is 24.5 Å². The molecule has 1 amide bonds. The molecule has 1 N–H and O–H groups in total. The molecule has 0 saturated carbocycles. The number of benzene rings is 1. The summed E-state index contributed by atoms with van der Waals surface area (Å²) in [5.74, 6) is -0.506. The van der Waals surface area contributed by atoms with E-state index in [0.717, 1.165) is 4.88 Å². The summed E-state index contributed by atoms with van der Waals surface area (Å²) in [6.07, 6.45) is 2.10. The highest BCUT2D eigenvalue weighted by atomic mass is 32.1. The molecule has 0 saturated heterocycles. The average molecular weight is 308 g/mol. The molecule has 0 unspecified atom stereocenters. The third-order valence-electron chi connectivity index (χ3n) is 3.15. The molecule has 0 bridgehead atoms. The van der Waals surface area contributed by atoms with Crippen LogP contribution in [0.25, 0.3) is 0 Å². The monoisotopic (exact) mass is 308 g/mol. The summed E-state index contributed by atoms with van der Waals surface area (Å²) in [6, 6.07) is 6.62. The quantitative estimate of drug-likeness (QED) is 0.922. The van der Waals surface area contributed by atoms with E-state index >= 15 is 0 Å². The lowest BCUT2D eigenvalue weighted by molar-refractivity contribution is -0.133. The Kier molecular flexibility index (Phi) is 4.69. The SMILES string of the molecule is COC(C)(C)C(=O)Nc1ncc(Cc2ccccc2F)s1. The van der Waals surface area contributed by atoms with Crippen LogP contribution in [-0.2, 0) is 16.0 Å². The van der Waals surface area contributed by atoms with E-state index in [9.17, 15) is 9.18 Å². The Hall–Kier alpha value is -1.79. The Bertz CT molecular complexity index is 640. The van der Waals surface area contributed by atoms with Crippen molar-refractivity contribution in [3.63, 3.8) is 0 Å². The lowest BCUT2D eigenvalue weighted by Gasteiger charge is -2.20. The van der Waals surface area contributed by atoms with Gasteiger partial charge in [-0.05, 0) is 25.5 Å². The number of ether oxygens (including phenoxy) is 1. The lowest BCUT2D eigenvalue weighted by atomic mass is 10.1. The molecule has 0 aliphatic rings. The van der Waals surface area contributed by atoms with Crippen LogP contribution in [0.5, 0.6) is 0 Å². The Morgan fingerprint density at radius 2 is 2.14 bits per heavy atom. The van der Waals surface area contributed by atoms with Crippen molar-refractivity contribution in [2.45, 2.75) is 25.9 Å². The van der Waals surface area contributed by atoms with Crippen molar-refractivity contribution in [1.29, 1.82) is 0 Å². The second-order valence-corrected chi connectivity index (χ2v) is 6.18. The highest BCUT2D eigenvalue weighted by Crippen LogP contribution is 2.23. The minimum Gasteiger partial charge on any atom is -0.369 e. The number of methoxy groups -OCH3 is 1. The van der Waals surface area contributed by atoms with Crippen LogP contribution in [0.2, 0.25) is 0 Å². The molecular formula is C15H17FN2O2S. The molecule has 0 spiro atoms. The van der Waals surface area contributed by atoms with Gasteiger partial charge in [0.1, 0.15) is 11.4 Å². The van der Waals surface area contributed by atoms with Crippen molar-refractivity contribution in [2.24, 2.45) is 0 Å². The molecular weight excluding hydrogens is 291 g/mol. The molecule has 0 radical (unpaired) electrons. The van der Waals surface area contributed by atoms with Gasteiger partial charge < -0.3 is 4.74 Å². The van der Waals surface area contributed by atoms with Gasteiger partial charge in [-0.1, -0.05) is 18.2 Å². The molecule has 6 heteroatoms. The number of carbonyl (C=O) groups is 1. The number of hydrogen-bond donors (Lipinski definition) is 1. The van der Waals surface area contributed by atoms with Crippen molar-refractivity contribution < 1.29 is 13.9 Å². The first-order valence-corrected chi connectivity index (χ1v) is 7.29. The van der Waals surface area contributed by atoms with E-state index in [1.54, 1.807) is 38.2 Å². The number of aromatic nitrogens is 1. The standard InChI is InChI=1S/C15H17FN2O2S/c1-15(2,20-3)13(19)18-14-17-9-11(21-14)8-10-6-4-5-7-12(10)16/h4-7,9H,8H2,1-3H3,(H,17,18,19). The Morgan fingerprint density at radius 3 is 2.81 bits per heavy atom. The average Bonchev–Trinajstić information content (AvgIpc) is 2.88. The largest absolute Gasteiger partial charge is 0.369 e. The first-order valence-electron chi connectivity index (χ1n) is 6.47. The maximum absolute atomic E-state index is 13.6. The summed E-state index contributed by atoms with van der Waals surface area (Å²) in [5, 5.41) is 3.19.